The van der Waals surface area contributed by atoms with Gasteiger partial charge in [0, 0.05) is 12.2 Å². The van der Waals surface area contributed by atoms with Gasteiger partial charge in [-0.2, -0.15) is 0 Å². The highest BCUT2D eigenvalue weighted by atomic mass is 32.1. The lowest BCUT2D eigenvalue weighted by molar-refractivity contribution is -0.124. The first-order chi connectivity index (χ1) is 9.75. The smallest absolute Gasteiger partial charge is 0.276 e. The van der Waals surface area contributed by atoms with Gasteiger partial charge in [-0.25, -0.2) is 0 Å². The molecule has 1 amide bonds. The van der Waals surface area contributed by atoms with Crippen LogP contribution in [0.3, 0.4) is 0 Å². The maximum absolute atomic E-state index is 12.5. The maximum atomic E-state index is 12.5. The molecule has 3 rings (SSSR count). The average Bonchev–Trinajstić information content (AvgIpc) is 2.75. The van der Waals surface area contributed by atoms with E-state index in [4.69, 9.17) is 12.2 Å². The first-order valence-electron chi connectivity index (χ1n) is 7.03. The highest BCUT2D eigenvalue weighted by Crippen LogP contribution is 2.26. The monoisotopic (exact) mass is 287 g/mol. The van der Waals surface area contributed by atoms with Crippen LogP contribution in [-0.4, -0.2) is 26.9 Å². The molecule has 0 radical (unpaired) electrons. The van der Waals surface area contributed by atoms with E-state index < -0.39 is 0 Å². The second-order valence-electron chi connectivity index (χ2n) is 5.21. The SMILES string of the molecule is O=C1/C(=C\c2ccccn2)NC(=S)N1C1CCCCC1. The van der Waals surface area contributed by atoms with Crippen LogP contribution in [0.2, 0.25) is 0 Å². The Bertz CT molecular complexity index is 549. The van der Waals surface area contributed by atoms with Gasteiger partial charge in [0.25, 0.3) is 5.91 Å². The fraction of sp³-hybridized carbons (Fsp3) is 0.400. The van der Waals surface area contributed by atoms with Crippen molar-refractivity contribution in [3.63, 3.8) is 0 Å². The number of amides is 1. The summed E-state index contributed by atoms with van der Waals surface area (Å²) in [6, 6.07) is 5.88. The van der Waals surface area contributed by atoms with E-state index in [1.165, 1.54) is 19.3 Å². The molecule has 0 unspecified atom stereocenters. The molecule has 0 bridgehead atoms. The number of rotatable bonds is 2. The number of nitrogens with one attached hydrogen (secondary N) is 1. The third-order valence-electron chi connectivity index (χ3n) is 3.83. The summed E-state index contributed by atoms with van der Waals surface area (Å²) < 4.78 is 0. The van der Waals surface area contributed by atoms with Crippen LogP contribution in [0.15, 0.2) is 30.1 Å². The molecule has 1 aliphatic heterocycles. The van der Waals surface area contributed by atoms with Crippen molar-refractivity contribution in [2.45, 2.75) is 38.1 Å². The molecule has 2 heterocycles. The largest absolute Gasteiger partial charge is 0.328 e. The lowest BCUT2D eigenvalue weighted by Crippen LogP contribution is -2.41. The van der Waals surface area contributed by atoms with Crippen molar-refractivity contribution in [2.24, 2.45) is 0 Å². The molecule has 0 aromatic carbocycles. The van der Waals surface area contributed by atoms with Crippen molar-refractivity contribution in [1.82, 2.24) is 15.2 Å². The fourth-order valence-electron chi connectivity index (χ4n) is 2.83. The summed E-state index contributed by atoms with van der Waals surface area (Å²) in [5, 5.41) is 3.56. The molecule has 1 aromatic rings. The van der Waals surface area contributed by atoms with Crippen LogP contribution in [0, 0.1) is 0 Å². The highest BCUT2D eigenvalue weighted by molar-refractivity contribution is 7.80. The summed E-state index contributed by atoms with van der Waals surface area (Å²) in [7, 11) is 0. The minimum absolute atomic E-state index is 0.0208. The summed E-state index contributed by atoms with van der Waals surface area (Å²) in [5.74, 6) is -0.0208. The number of pyridine rings is 1. The molecule has 1 aliphatic carbocycles. The molecule has 2 aliphatic rings. The number of carbonyl (C=O) groups excluding carboxylic acids is 1. The van der Waals surface area contributed by atoms with Crippen LogP contribution >= 0.6 is 12.2 Å². The summed E-state index contributed by atoms with van der Waals surface area (Å²) in [6.45, 7) is 0. The molecular weight excluding hydrogens is 270 g/mol. The molecule has 20 heavy (non-hydrogen) atoms. The third-order valence-corrected chi connectivity index (χ3v) is 4.13. The molecular formula is C15H17N3OS. The van der Waals surface area contributed by atoms with Crippen molar-refractivity contribution in [2.75, 3.05) is 0 Å². The molecule has 1 saturated carbocycles. The van der Waals surface area contributed by atoms with Gasteiger partial charge in [0.05, 0.1) is 5.69 Å². The Balaban J connectivity index is 1.81. The number of carbonyl (C=O) groups is 1. The number of thiocarbonyl (C=S) groups is 1. The topological polar surface area (TPSA) is 45.2 Å². The predicted molar refractivity (Wildman–Crippen MR) is 81.7 cm³/mol. The molecule has 5 heteroatoms. The Morgan fingerprint density at radius 3 is 2.80 bits per heavy atom. The van der Waals surface area contributed by atoms with Crippen molar-refractivity contribution in [3.05, 3.63) is 35.8 Å². The summed E-state index contributed by atoms with van der Waals surface area (Å²) in [6.07, 6.45) is 9.18. The van der Waals surface area contributed by atoms with Crippen LogP contribution in [-0.2, 0) is 4.79 Å². The van der Waals surface area contributed by atoms with Gasteiger partial charge >= 0.3 is 0 Å². The minimum atomic E-state index is -0.0208. The van der Waals surface area contributed by atoms with Crippen LogP contribution in [0.4, 0.5) is 0 Å². The van der Waals surface area contributed by atoms with Gasteiger partial charge in [0.15, 0.2) is 5.11 Å². The van der Waals surface area contributed by atoms with E-state index in [1.54, 1.807) is 17.2 Å². The number of hydrogen-bond donors (Lipinski definition) is 1. The van der Waals surface area contributed by atoms with E-state index in [1.807, 2.05) is 18.2 Å². The standard InChI is InChI=1S/C15H17N3OS/c19-14-13(10-11-6-4-5-9-16-11)17-15(20)18(14)12-7-2-1-3-8-12/h4-6,9-10,12H,1-3,7-8H2,(H,17,20)/b13-10+. The quantitative estimate of drug-likeness (QED) is 0.670. The van der Waals surface area contributed by atoms with E-state index in [9.17, 15) is 4.79 Å². The second kappa shape index (κ2) is 5.71. The van der Waals surface area contributed by atoms with E-state index in [2.05, 4.69) is 10.3 Å². The molecule has 1 aromatic heterocycles. The van der Waals surface area contributed by atoms with Gasteiger partial charge < -0.3 is 5.32 Å². The zero-order valence-electron chi connectivity index (χ0n) is 11.2. The average molecular weight is 287 g/mol. The first kappa shape index (κ1) is 13.2. The van der Waals surface area contributed by atoms with Crippen molar-refractivity contribution >= 4 is 29.3 Å². The molecule has 1 saturated heterocycles. The van der Waals surface area contributed by atoms with Gasteiger partial charge in [-0.1, -0.05) is 25.3 Å². The maximum Gasteiger partial charge on any atom is 0.276 e. The van der Waals surface area contributed by atoms with E-state index in [-0.39, 0.29) is 11.9 Å². The summed E-state index contributed by atoms with van der Waals surface area (Å²) >= 11 is 5.32. The molecule has 2 fully saturated rings. The minimum Gasteiger partial charge on any atom is -0.328 e. The number of aromatic nitrogens is 1. The van der Waals surface area contributed by atoms with Gasteiger partial charge in [-0.05, 0) is 43.3 Å². The van der Waals surface area contributed by atoms with Gasteiger partial charge in [-0.15, -0.1) is 0 Å². The lowest BCUT2D eigenvalue weighted by atomic mass is 9.94. The zero-order valence-corrected chi connectivity index (χ0v) is 12.0. The summed E-state index contributed by atoms with van der Waals surface area (Å²) in [5.41, 5.74) is 1.29. The van der Waals surface area contributed by atoms with Crippen molar-refractivity contribution in [1.29, 1.82) is 0 Å². The third kappa shape index (κ3) is 2.58. The van der Waals surface area contributed by atoms with E-state index >= 15 is 0 Å². The van der Waals surface area contributed by atoms with Gasteiger partial charge in [-0.3, -0.25) is 14.7 Å². The van der Waals surface area contributed by atoms with Crippen LogP contribution in [0.25, 0.3) is 6.08 Å². The van der Waals surface area contributed by atoms with Crippen LogP contribution in [0.1, 0.15) is 37.8 Å². The Morgan fingerprint density at radius 2 is 2.10 bits per heavy atom. The Hall–Kier alpha value is -1.75. The van der Waals surface area contributed by atoms with Crippen LogP contribution < -0.4 is 5.32 Å². The predicted octanol–water partition coefficient (Wildman–Crippen LogP) is 2.47. The Labute approximate surface area is 123 Å². The number of hydrogen-bond acceptors (Lipinski definition) is 3. The molecule has 0 atom stereocenters. The van der Waals surface area contributed by atoms with Crippen molar-refractivity contribution in [3.8, 4) is 0 Å². The highest BCUT2D eigenvalue weighted by Gasteiger charge is 2.36. The van der Waals surface area contributed by atoms with E-state index in [0.29, 0.717) is 10.8 Å². The first-order valence-corrected chi connectivity index (χ1v) is 7.44. The molecule has 1 N–H and O–H groups in total. The Morgan fingerprint density at radius 1 is 1.30 bits per heavy atom. The van der Waals surface area contributed by atoms with Crippen molar-refractivity contribution < 1.29 is 4.79 Å². The van der Waals surface area contributed by atoms with Gasteiger partial charge in [0.1, 0.15) is 5.70 Å². The zero-order chi connectivity index (χ0) is 13.9. The van der Waals surface area contributed by atoms with Crippen LogP contribution in [0.5, 0.6) is 0 Å². The lowest BCUT2D eigenvalue weighted by Gasteiger charge is -2.29. The fourth-order valence-corrected chi connectivity index (χ4v) is 3.17. The Kier molecular flexibility index (Phi) is 3.78. The number of nitrogens with zero attached hydrogens (tertiary/aromatic N) is 2. The molecule has 4 nitrogen and oxygen atoms in total. The molecule has 0 spiro atoms. The molecule has 104 valence electrons. The van der Waals surface area contributed by atoms with E-state index in [0.717, 1.165) is 18.5 Å². The second-order valence-corrected chi connectivity index (χ2v) is 5.60. The normalized spacial score (nSPS) is 22.4. The summed E-state index contributed by atoms with van der Waals surface area (Å²) in [4.78, 5) is 18.5. The van der Waals surface area contributed by atoms with Gasteiger partial charge in [0.2, 0.25) is 0 Å².